The van der Waals surface area contributed by atoms with E-state index in [9.17, 15) is 12.8 Å². The molecule has 0 saturated heterocycles. The minimum Gasteiger partial charge on any atom is -0.384 e. The third-order valence-corrected chi connectivity index (χ3v) is 5.78. The lowest BCUT2D eigenvalue weighted by molar-refractivity contribution is 0.350. The Morgan fingerprint density at radius 2 is 2.14 bits per heavy atom. The van der Waals surface area contributed by atoms with Crippen molar-refractivity contribution in [3.05, 3.63) is 29.6 Å². The van der Waals surface area contributed by atoms with E-state index in [0.717, 1.165) is 25.0 Å². The average Bonchev–Trinajstić information content (AvgIpc) is 3.27. The second-order valence-corrected chi connectivity index (χ2v) is 7.17. The highest BCUT2D eigenvalue weighted by molar-refractivity contribution is 7.89. The highest BCUT2D eigenvalue weighted by atomic mass is 32.2. The molecule has 114 valence electrons. The maximum absolute atomic E-state index is 13.3. The number of hydrogen-bond donors (Lipinski definition) is 1. The maximum Gasteiger partial charge on any atom is 0.244 e. The van der Waals surface area contributed by atoms with Gasteiger partial charge in [0.25, 0.3) is 0 Å². The van der Waals surface area contributed by atoms with Crippen LogP contribution in [0.2, 0.25) is 0 Å². The Morgan fingerprint density at radius 3 is 2.71 bits per heavy atom. The van der Waals surface area contributed by atoms with Gasteiger partial charge in [-0.3, -0.25) is 0 Å². The molecule has 6 heteroatoms. The average molecular weight is 311 g/mol. The minimum atomic E-state index is -3.74. The van der Waals surface area contributed by atoms with Crippen molar-refractivity contribution < 1.29 is 17.9 Å². The first-order valence-electron chi connectivity index (χ1n) is 6.75. The zero-order valence-corrected chi connectivity index (χ0v) is 12.8. The Labute approximate surface area is 124 Å². The van der Waals surface area contributed by atoms with Crippen molar-refractivity contribution in [3.63, 3.8) is 0 Å². The van der Waals surface area contributed by atoms with E-state index in [1.165, 1.54) is 17.4 Å². The fraction of sp³-hybridized carbons (Fsp3) is 0.467. The second-order valence-electron chi connectivity index (χ2n) is 5.20. The van der Waals surface area contributed by atoms with Crippen LogP contribution in [0.5, 0.6) is 0 Å². The van der Waals surface area contributed by atoms with E-state index >= 15 is 0 Å². The lowest BCUT2D eigenvalue weighted by atomic mass is 10.2. The first-order valence-corrected chi connectivity index (χ1v) is 8.19. The van der Waals surface area contributed by atoms with Crippen LogP contribution in [-0.4, -0.2) is 37.5 Å². The first kappa shape index (κ1) is 16.0. The Kier molecular flexibility index (Phi) is 4.67. The molecule has 1 aromatic carbocycles. The zero-order chi connectivity index (χ0) is 15.6. The third-order valence-electron chi connectivity index (χ3n) is 3.78. The van der Waals surface area contributed by atoms with Gasteiger partial charge in [0.1, 0.15) is 12.4 Å². The summed E-state index contributed by atoms with van der Waals surface area (Å²) >= 11 is 0. The molecule has 0 spiro atoms. The molecule has 0 bridgehead atoms. The van der Waals surface area contributed by atoms with E-state index in [4.69, 9.17) is 5.11 Å². The number of nitrogens with zero attached hydrogens (tertiary/aromatic N) is 1. The van der Waals surface area contributed by atoms with Gasteiger partial charge < -0.3 is 5.11 Å². The number of benzene rings is 1. The first-order chi connectivity index (χ1) is 9.87. The fourth-order valence-electron chi connectivity index (χ4n) is 2.21. The summed E-state index contributed by atoms with van der Waals surface area (Å²) in [4.78, 5) is -0.0279. The van der Waals surface area contributed by atoms with Crippen molar-refractivity contribution in [1.29, 1.82) is 0 Å². The largest absolute Gasteiger partial charge is 0.384 e. The Morgan fingerprint density at radius 1 is 1.48 bits per heavy atom. The van der Waals surface area contributed by atoms with Crippen LogP contribution in [-0.2, 0) is 10.0 Å². The van der Waals surface area contributed by atoms with Gasteiger partial charge in [-0.15, -0.1) is 0 Å². The molecule has 2 rings (SSSR count). The highest BCUT2D eigenvalue weighted by Crippen LogP contribution is 2.36. The van der Waals surface area contributed by atoms with Gasteiger partial charge in [-0.2, -0.15) is 4.31 Å². The normalized spacial score (nSPS) is 16.4. The quantitative estimate of drug-likeness (QED) is 0.859. The van der Waals surface area contributed by atoms with Crippen LogP contribution in [0.4, 0.5) is 4.39 Å². The summed E-state index contributed by atoms with van der Waals surface area (Å²) in [5.74, 6) is 4.69. The van der Waals surface area contributed by atoms with Crippen LogP contribution in [0.25, 0.3) is 0 Å². The molecule has 0 amide bonds. The van der Waals surface area contributed by atoms with E-state index in [1.54, 1.807) is 0 Å². The van der Waals surface area contributed by atoms with Crippen LogP contribution in [0, 0.1) is 23.6 Å². The van der Waals surface area contributed by atoms with E-state index in [1.807, 2.05) is 6.92 Å². The molecule has 1 fully saturated rings. The van der Waals surface area contributed by atoms with Gasteiger partial charge in [0, 0.05) is 18.7 Å². The van der Waals surface area contributed by atoms with Crippen LogP contribution < -0.4 is 0 Å². The monoisotopic (exact) mass is 311 g/mol. The molecule has 0 aliphatic heterocycles. The number of aliphatic hydroxyl groups excluding tert-OH is 1. The molecule has 1 saturated carbocycles. The second kappa shape index (κ2) is 6.14. The summed E-state index contributed by atoms with van der Waals surface area (Å²) in [6.07, 6.45) is 2.06. The lowest BCUT2D eigenvalue weighted by Gasteiger charge is -2.24. The van der Waals surface area contributed by atoms with Gasteiger partial charge in [-0.05, 0) is 43.9 Å². The summed E-state index contributed by atoms with van der Waals surface area (Å²) in [6, 6.07) is 3.30. The molecular weight excluding hydrogens is 293 g/mol. The van der Waals surface area contributed by atoms with E-state index < -0.39 is 22.4 Å². The van der Waals surface area contributed by atoms with Crippen molar-refractivity contribution in [2.75, 3.05) is 13.7 Å². The Balaban J connectivity index is 2.43. The number of rotatable bonds is 4. The smallest absolute Gasteiger partial charge is 0.244 e. The summed E-state index contributed by atoms with van der Waals surface area (Å²) in [5, 5.41) is 8.74. The Hall–Kier alpha value is -1.42. The topological polar surface area (TPSA) is 57.6 Å². The van der Waals surface area contributed by atoms with Crippen molar-refractivity contribution in [2.24, 2.45) is 5.92 Å². The third kappa shape index (κ3) is 3.43. The molecule has 0 aromatic heterocycles. The SMILES string of the molecule is CC(C1CC1)N(C)S(=O)(=O)c1ccc(F)cc1C#CCO. The van der Waals surface area contributed by atoms with Gasteiger partial charge >= 0.3 is 0 Å². The molecule has 0 heterocycles. The highest BCUT2D eigenvalue weighted by Gasteiger charge is 2.36. The van der Waals surface area contributed by atoms with Crippen molar-refractivity contribution in [2.45, 2.75) is 30.7 Å². The molecule has 0 radical (unpaired) electrons. The summed E-state index contributed by atoms with van der Waals surface area (Å²) in [7, 11) is -2.21. The Bertz CT molecular complexity index is 687. The number of aliphatic hydroxyl groups is 1. The summed E-state index contributed by atoms with van der Waals surface area (Å²) < 4.78 is 40.0. The van der Waals surface area contributed by atoms with Gasteiger partial charge in [0.15, 0.2) is 0 Å². The van der Waals surface area contributed by atoms with Crippen LogP contribution in [0.15, 0.2) is 23.1 Å². The lowest BCUT2D eigenvalue weighted by Crippen LogP contribution is -2.36. The van der Waals surface area contributed by atoms with Crippen LogP contribution in [0.3, 0.4) is 0 Å². The van der Waals surface area contributed by atoms with E-state index in [0.29, 0.717) is 5.92 Å². The summed E-state index contributed by atoms with van der Waals surface area (Å²) in [6.45, 7) is 1.46. The standard InChI is InChI=1S/C15H18FNO3S/c1-11(12-5-6-12)17(2)21(19,20)15-8-7-14(16)10-13(15)4-3-9-18/h7-8,10-12,18H,5-6,9H2,1-2H3. The molecule has 1 aromatic rings. The molecular formula is C15H18FNO3S. The summed E-state index contributed by atoms with van der Waals surface area (Å²) in [5.41, 5.74) is 0.0684. The van der Waals surface area contributed by atoms with Gasteiger partial charge in [0.2, 0.25) is 10.0 Å². The zero-order valence-electron chi connectivity index (χ0n) is 12.0. The molecule has 1 atom stereocenters. The molecule has 1 unspecified atom stereocenters. The van der Waals surface area contributed by atoms with E-state index in [2.05, 4.69) is 11.8 Å². The van der Waals surface area contributed by atoms with E-state index in [-0.39, 0.29) is 16.5 Å². The predicted molar refractivity (Wildman–Crippen MR) is 77.5 cm³/mol. The van der Waals surface area contributed by atoms with Gasteiger partial charge in [0.05, 0.1) is 4.90 Å². The van der Waals surface area contributed by atoms with Gasteiger partial charge in [-0.25, -0.2) is 12.8 Å². The fourth-order valence-corrected chi connectivity index (χ4v) is 3.76. The maximum atomic E-state index is 13.3. The number of halogens is 1. The number of sulfonamides is 1. The molecule has 1 aliphatic rings. The van der Waals surface area contributed by atoms with Crippen LogP contribution in [0.1, 0.15) is 25.3 Å². The van der Waals surface area contributed by atoms with Crippen molar-refractivity contribution >= 4 is 10.0 Å². The molecule has 21 heavy (non-hydrogen) atoms. The van der Waals surface area contributed by atoms with Gasteiger partial charge in [-0.1, -0.05) is 11.8 Å². The molecule has 1 N–H and O–H groups in total. The minimum absolute atomic E-state index is 0.0279. The van der Waals surface area contributed by atoms with Crippen molar-refractivity contribution in [1.82, 2.24) is 4.31 Å². The molecule has 4 nitrogen and oxygen atoms in total. The molecule has 1 aliphatic carbocycles. The van der Waals surface area contributed by atoms with Crippen LogP contribution >= 0.6 is 0 Å². The van der Waals surface area contributed by atoms with Crippen molar-refractivity contribution in [3.8, 4) is 11.8 Å². The predicted octanol–water partition coefficient (Wildman–Crippen LogP) is 1.59. The number of hydrogen-bond acceptors (Lipinski definition) is 3.